The summed E-state index contributed by atoms with van der Waals surface area (Å²) < 4.78 is 5.58. The van der Waals surface area contributed by atoms with E-state index in [1.807, 2.05) is 62.4 Å². The Labute approximate surface area is 158 Å². The third kappa shape index (κ3) is 4.61. The third-order valence-corrected chi connectivity index (χ3v) is 3.98. The molecular formula is C21H22N4O2. The van der Waals surface area contributed by atoms with Crippen LogP contribution in [0.4, 0.5) is 17.2 Å². The highest BCUT2D eigenvalue weighted by Gasteiger charge is 2.11. The molecule has 138 valence electrons. The van der Waals surface area contributed by atoms with Gasteiger partial charge in [-0.15, -0.1) is 0 Å². The number of aryl methyl sites for hydroxylation is 1. The van der Waals surface area contributed by atoms with Crippen LogP contribution in [0, 0.1) is 0 Å². The number of benzene rings is 2. The van der Waals surface area contributed by atoms with Crippen LogP contribution in [-0.2, 0) is 6.42 Å². The standard InChI is InChI=1S/C21H22N4O2/c1-3-15-9-5-6-10-16(15)25-21(26)18-13-23-20(14-22-18)24-17-11-7-8-12-19(17)27-4-2/h5-14H,3-4H2,1-2H3,(H,23,24)(H,25,26). The zero-order chi connectivity index (χ0) is 19.1. The van der Waals surface area contributed by atoms with E-state index in [2.05, 4.69) is 20.6 Å². The van der Waals surface area contributed by atoms with Crippen molar-refractivity contribution in [3.8, 4) is 5.75 Å². The van der Waals surface area contributed by atoms with E-state index in [0.29, 0.717) is 12.4 Å². The second-order valence-corrected chi connectivity index (χ2v) is 5.81. The van der Waals surface area contributed by atoms with Crippen LogP contribution >= 0.6 is 0 Å². The highest BCUT2D eigenvalue weighted by molar-refractivity contribution is 6.03. The molecule has 3 aromatic rings. The summed E-state index contributed by atoms with van der Waals surface area (Å²) >= 11 is 0. The molecule has 6 nitrogen and oxygen atoms in total. The van der Waals surface area contributed by atoms with Crippen LogP contribution in [-0.4, -0.2) is 22.5 Å². The van der Waals surface area contributed by atoms with Crippen LogP contribution in [0.5, 0.6) is 5.75 Å². The van der Waals surface area contributed by atoms with Gasteiger partial charge in [-0.2, -0.15) is 0 Å². The zero-order valence-corrected chi connectivity index (χ0v) is 15.4. The van der Waals surface area contributed by atoms with Crippen molar-refractivity contribution in [3.63, 3.8) is 0 Å². The lowest BCUT2D eigenvalue weighted by atomic mass is 10.1. The first kappa shape index (κ1) is 18.4. The molecule has 0 aliphatic heterocycles. The second-order valence-electron chi connectivity index (χ2n) is 5.81. The maximum atomic E-state index is 12.4. The molecule has 2 aromatic carbocycles. The number of ether oxygens (including phenoxy) is 1. The summed E-state index contributed by atoms with van der Waals surface area (Å²) in [6.45, 7) is 4.55. The van der Waals surface area contributed by atoms with Crippen LogP contribution in [0.1, 0.15) is 29.9 Å². The van der Waals surface area contributed by atoms with Crippen LogP contribution < -0.4 is 15.4 Å². The lowest BCUT2D eigenvalue weighted by Crippen LogP contribution is -2.15. The smallest absolute Gasteiger partial charge is 0.275 e. The molecule has 0 bridgehead atoms. The molecule has 0 unspecified atom stereocenters. The first-order valence-corrected chi connectivity index (χ1v) is 8.91. The van der Waals surface area contributed by atoms with E-state index in [-0.39, 0.29) is 11.6 Å². The van der Waals surface area contributed by atoms with Crippen molar-refractivity contribution >= 4 is 23.1 Å². The molecule has 1 aromatic heterocycles. The molecule has 0 atom stereocenters. The summed E-state index contributed by atoms with van der Waals surface area (Å²) in [5.74, 6) is 0.983. The summed E-state index contributed by atoms with van der Waals surface area (Å²) in [5, 5.41) is 6.05. The average Bonchev–Trinajstić information content (AvgIpc) is 2.70. The van der Waals surface area contributed by atoms with Crippen molar-refractivity contribution in [1.82, 2.24) is 9.97 Å². The van der Waals surface area contributed by atoms with Gasteiger partial charge in [0.15, 0.2) is 0 Å². The van der Waals surface area contributed by atoms with Gasteiger partial charge < -0.3 is 15.4 Å². The van der Waals surface area contributed by atoms with Crippen molar-refractivity contribution in [3.05, 3.63) is 72.2 Å². The van der Waals surface area contributed by atoms with Gasteiger partial charge in [0, 0.05) is 5.69 Å². The molecule has 27 heavy (non-hydrogen) atoms. The Kier molecular flexibility index (Phi) is 5.99. The molecule has 2 N–H and O–H groups in total. The number of hydrogen-bond acceptors (Lipinski definition) is 5. The maximum Gasteiger partial charge on any atom is 0.275 e. The average molecular weight is 362 g/mol. The van der Waals surface area contributed by atoms with Crippen LogP contribution in [0.3, 0.4) is 0 Å². The SMILES string of the molecule is CCOc1ccccc1Nc1cnc(C(=O)Nc2ccccc2CC)cn1. The van der Waals surface area contributed by atoms with E-state index in [1.54, 1.807) is 0 Å². The number of nitrogens with one attached hydrogen (secondary N) is 2. The predicted molar refractivity (Wildman–Crippen MR) is 107 cm³/mol. The highest BCUT2D eigenvalue weighted by atomic mass is 16.5. The van der Waals surface area contributed by atoms with Crippen molar-refractivity contribution in [2.24, 2.45) is 0 Å². The molecule has 1 amide bonds. The minimum Gasteiger partial charge on any atom is -0.492 e. The first-order chi connectivity index (χ1) is 13.2. The van der Waals surface area contributed by atoms with E-state index in [4.69, 9.17) is 4.74 Å². The normalized spacial score (nSPS) is 10.3. The molecule has 0 radical (unpaired) electrons. The number of amides is 1. The number of carbonyl (C=O) groups is 1. The lowest BCUT2D eigenvalue weighted by molar-refractivity contribution is 0.102. The number of aromatic nitrogens is 2. The van der Waals surface area contributed by atoms with Gasteiger partial charge in [-0.05, 0) is 37.1 Å². The van der Waals surface area contributed by atoms with Gasteiger partial charge in [-0.1, -0.05) is 37.3 Å². The number of rotatable bonds is 7. The van der Waals surface area contributed by atoms with Crippen LogP contribution in [0.2, 0.25) is 0 Å². The number of hydrogen-bond donors (Lipinski definition) is 2. The zero-order valence-electron chi connectivity index (χ0n) is 15.4. The number of carbonyl (C=O) groups excluding carboxylic acids is 1. The van der Waals surface area contributed by atoms with Gasteiger partial charge in [-0.25, -0.2) is 9.97 Å². The van der Waals surface area contributed by atoms with E-state index < -0.39 is 0 Å². The summed E-state index contributed by atoms with van der Waals surface area (Å²) in [6.07, 6.45) is 3.82. The third-order valence-electron chi connectivity index (χ3n) is 3.98. The minimum atomic E-state index is -0.287. The fourth-order valence-corrected chi connectivity index (χ4v) is 2.64. The maximum absolute atomic E-state index is 12.4. The van der Waals surface area contributed by atoms with Crippen molar-refractivity contribution < 1.29 is 9.53 Å². The highest BCUT2D eigenvalue weighted by Crippen LogP contribution is 2.26. The Hall–Kier alpha value is -3.41. The van der Waals surface area contributed by atoms with Crippen LogP contribution in [0.25, 0.3) is 0 Å². The number of nitrogens with zero attached hydrogens (tertiary/aromatic N) is 2. The first-order valence-electron chi connectivity index (χ1n) is 8.91. The Balaban J connectivity index is 1.71. The summed E-state index contributed by atoms with van der Waals surface area (Å²) in [6, 6.07) is 15.3. The molecule has 0 aliphatic rings. The number of para-hydroxylation sites is 3. The van der Waals surface area contributed by atoms with Crippen molar-refractivity contribution in [2.45, 2.75) is 20.3 Å². The fraction of sp³-hybridized carbons (Fsp3) is 0.190. The largest absolute Gasteiger partial charge is 0.492 e. The quantitative estimate of drug-likeness (QED) is 0.650. The molecule has 0 saturated carbocycles. The van der Waals surface area contributed by atoms with E-state index >= 15 is 0 Å². The molecule has 6 heteroatoms. The Bertz CT molecular complexity index is 910. The monoisotopic (exact) mass is 362 g/mol. The van der Waals surface area contributed by atoms with Gasteiger partial charge in [-0.3, -0.25) is 4.79 Å². The summed E-state index contributed by atoms with van der Waals surface area (Å²) in [4.78, 5) is 21.0. The molecule has 0 aliphatic carbocycles. The summed E-state index contributed by atoms with van der Waals surface area (Å²) in [7, 11) is 0. The molecule has 0 fully saturated rings. The lowest BCUT2D eigenvalue weighted by Gasteiger charge is -2.12. The minimum absolute atomic E-state index is 0.254. The molecule has 0 saturated heterocycles. The molecular weight excluding hydrogens is 340 g/mol. The van der Waals surface area contributed by atoms with Gasteiger partial charge in [0.2, 0.25) is 0 Å². The van der Waals surface area contributed by atoms with E-state index in [9.17, 15) is 4.79 Å². The van der Waals surface area contributed by atoms with Gasteiger partial charge >= 0.3 is 0 Å². The summed E-state index contributed by atoms with van der Waals surface area (Å²) in [5.41, 5.74) is 2.91. The van der Waals surface area contributed by atoms with E-state index in [1.165, 1.54) is 12.4 Å². The predicted octanol–water partition coefficient (Wildman–Crippen LogP) is 4.43. The second kappa shape index (κ2) is 8.80. The van der Waals surface area contributed by atoms with Gasteiger partial charge in [0.1, 0.15) is 17.3 Å². The van der Waals surface area contributed by atoms with Crippen molar-refractivity contribution in [1.29, 1.82) is 0 Å². The Morgan fingerprint density at radius 3 is 2.41 bits per heavy atom. The van der Waals surface area contributed by atoms with Gasteiger partial charge in [0.05, 0.1) is 24.7 Å². The number of anilines is 3. The van der Waals surface area contributed by atoms with Gasteiger partial charge in [0.25, 0.3) is 5.91 Å². The molecule has 1 heterocycles. The molecule has 3 rings (SSSR count). The topological polar surface area (TPSA) is 76.1 Å². The van der Waals surface area contributed by atoms with E-state index in [0.717, 1.165) is 29.1 Å². The van der Waals surface area contributed by atoms with Crippen molar-refractivity contribution in [2.75, 3.05) is 17.2 Å². The fourth-order valence-electron chi connectivity index (χ4n) is 2.64. The van der Waals surface area contributed by atoms with Crippen LogP contribution in [0.15, 0.2) is 60.9 Å². The molecule has 0 spiro atoms. The Morgan fingerprint density at radius 2 is 1.70 bits per heavy atom. The Morgan fingerprint density at radius 1 is 0.963 bits per heavy atom.